The molecule has 9 nitrogen and oxygen atoms in total. The van der Waals surface area contributed by atoms with Crippen LogP contribution in [0.4, 0.5) is 0 Å². The van der Waals surface area contributed by atoms with E-state index in [9.17, 15) is 19.2 Å². The number of carbonyl (C=O) groups excluding carboxylic acids is 1. The van der Waals surface area contributed by atoms with Crippen LogP contribution in [0, 0.1) is 5.92 Å². The summed E-state index contributed by atoms with van der Waals surface area (Å²) >= 11 is 0. The van der Waals surface area contributed by atoms with E-state index in [1.54, 1.807) is 12.2 Å². The van der Waals surface area contributed by atoms with Crippen LogP contribution in [0.2, 0.25) is 0 Å². The van der Waals surface area contributed by atoms with Gasteiger partial charge < -0.3 is 26.0 Å². The van der Waals surface area contributed by atoms with E-state index in [0.29, 0.717) is 19.6 Å². The molecule has 0 bridgehead atoms. The Labute approximate surface area is 145 Å². The zero-order valence-corrected chi connectivity index (χ0v) is 13.9. The van der Waals surface area contributed by atoms with Gasteiger partial charge in [-0.15, -0.1) is 13.2 Å². The molecule has 1 unspecified atom stereocenters. The molecule has 0 aromatic rings. The van der Waals surface area contributed by atoms with Crippen LogP contribution >= 0.6 is 0 Å². The van der Waals surface area contributed by atoms with Gasteiger partial charge in [-0.1, -0.05) is 18.7 Å². The third-order valence-electron chi connectivity index (χ3n) is 2.75. The van der Waals surface area contributed by atoms with Crippen molar-refractivity contribution in [2.75, 3.05) is 19.6 Å². The van der Waals surface area contributed by atoms with Crippen LogP contribution in [0.5, 0.6) is 0 Å². The minimum atomic E-state index is -1.27. The molecule has 1 atom stereocenters. The number of amides is 1. The molecule has 25 heavy (non-hydrogen) atoms. The third-order valence-corrected chi connectivity index (χ3v) is 2.75. The second-order valence-corrected chi connectivity index (χ2v) is 4.83. The Balaban J connectivity index is 0. The highest BCUT2D eigenvalue weighted by atomic mass is 16.4. The van der Waals surface area contributed by atoms with Gasteiger partial charge in [0.15, 0.2) is 0 Å². The molecule has 0 spiro atoms. The van der Waals surface area contributed by atoms with Crippen molar-refractivity contribution in [3.05, 3.63) is 37.5 Å². The molecule has 0 radical (unpaired) electrons. The van der Waals surface area contributed by atoms with Crippen LogP contribution in [-0.4, -0.2) is 63.7 Å². The fourth-order valence-electron chi connectivity index (χ4n) is 1.53. The molecule has 1 aliphatic rings. The predicted molar refractivity (Wildman–Crippen MR) is 90.8 cm³/mol. The molecular weight excluding hydrogens is 332 g/mol. The number of hydrogen-bond acceptors (Lipinski definition) is 5. The van der Waals surface area contributed by atoms with Gasteiger partial charge in [0.2, 0.25) is 5.91 Å². The van der Waals surface area contributed by atoms with Crippen molar-refractivity contribution in [2.45, 2.75) is 12.8 Å². The van der Waals surface area contributed by atoms with E-state index in [2.05, 4.69) is 19.7 Å². The zero-order valence-electron chi connectivity index (χ0n) is 13.9. The summed E-state index contributed by atoms with van der Waals surface area (Å²) in [6.07, 6.45) is 2.88. The summed E-state index contributed by atoms with van der Waals surface area (Å²) in [6.45, 7) is 11.2. The predicted octanol–water partition coefficient (Wildman–Crippen LogP) is 0.339. The van der Waals surface area contributed by atoms with Crippen molar-refractivity contribution >= 4 is 23.8 Å². The van der Waals surface area contributed by atoms with E-state index in [1.165, 1.54) is 4.90 Å². The number of aliphatic carboxylic acids is 3. The van der Waals surface area contributed by atoms with Crippen LogP contribution < -0.4 is 5.73 Å². The molecule has 0 aliphatic carbocycles. The van der Waals surface area contributed by atoms with E-state index >= 15 is 0 Å². The minimum Gasteiger partial charge on any atom is -0.481 e. The number of likely N-dealkylation sites (tertiary alicyclic amines) is 1. The van der Waals surface area contributed by atoms with Gasteiger partial charge in [-0.3, -0.25) is 14.4 Å². The average molecular weight is 356 g/mol. The Morgan fingerprint density at radius 1 is 1.20 bits per heavy atom. The summed E-state index contributed by atoms with van der Waals surface area (Å²) in [5, 5.41) is 24.7. The van der Waals surface area contributed by atoms with Gasteiger partial charge in [-0.05, 0) is 0 Å². The number of nitrogens with zero attached hydrogens (tertiary/aromatic N) is 1. The van der Waals surface area contributed by atoms with Crippen LogP contribution in [0.15, 0.2) is 37.5 Å². The van der Waals surface area contributed by atoms with Crippen molar-refractivity contribution in [3.63, 3.8) is 0 Å². The molecule has 0 saturated carbocycles. The summed E-state index contributed by atoms with van der Waals surface area (Å²) in [6, 6.07) is 0. The van der Waals surface area contributed by atoms with E-state index < -0.39 is 30.2 Å². The molecule has 5 N–H and O–H groups in total. The lowest BCUT2D eigenvalue weighted by molar-refractivity contribution is -0.141. The van der Waals surface area contributed by atoms with Crippen molar-refractivity contribution in [3.8, 4) is 0 Å². The molecule has 1 rings (SSSR count). The first-order valence-corrected chi connectivity index (χ1v) is 7.15. The highest BCUT2D eigenvalue weighted by Crippen LogP contribution is 2.17. The highest BCUT2D eigenvalue weighted by Gasteiger charge is 2.33. The molecule has 1 fully saturated rings. The first-order valence-electron chi connectivity index (χ1n) is 7.15. The number of carboxylic acid groups (broad SMARTS) is 3. The van der Waals surface area contributed by atoms with Crippen molar-refractivity contribution in [1.29, 1.82) is 0 Å². The third kappa shape index (κ3) is 12.2. The van der Waals surface area contributed by atoms with Crippen molar-refractivity contribution < 1.29 is 34.5 Å². The molecule has 1 heterocycles. The standard InChI is InChI=1S/C8H11NO3.C5H6O4.C3H7N/c1-2-3-9-5-6(8(11)12)4-7(9)10;1-3(5(8)9)2-4(6)7;1-2-3-4/h2,6H,1,3-5H2,(H,11,12);1-2H2,(H,6,7)(H,8,9);2H,1,3-4H2. The summed E-state index contributed by atoms with van der Waals surface area (Å²) in [5.74, 6) is -3.96. The molecule has 1 saturated heterocycles. The van der Waals surface area contributed by atoms with Crippen molar-refractivity contribution in [2.24, 2.45) is 11.7 Å². The smallest absolute Gasteiger partial charge is 0.331 e. The molecule has 1 aliphatic heterocycles. The topological polar surface area (TPSA) is 158 Å². The second-order valence-electron chi connectivity index (χ2n) is 4.83. The number of carbonyl (C=O) groups is 4. The van der Waals surface area contributed by atoms with E-state index in [0.717, 1.165) is 0 Å². The van der Waals surface area contributed by atoms with Crippen LogP contribution in [-0.2, 0) is 19.2 Å². The normalized spacial score (nSPS) is 15.0. The Kier molecular flexibility index (Phi) is 13.1. The lowest BCUT2D eigenvalue weighted by atomic mass is 10.1. The fourth-order valence-corrected chi connectivity index (χ4v) is 1.53. The molecule has 140 valence electrons. The van der Waals surface area contributed by atoms with Gasteiger partial charge in [0.05, 0.1) is 12.3 Å². The quantitative estimate of drug-likeness (QED) is 0.375. The molecular formula is C16H24N2O7. The monoisotopic (exact) mass is 356 g/mol. The Morgan fingerprint density at radius 3 is 1.96 bits per heavy atom. The molecule has 0 aromatic heterocycles. The molecule has 1 amide bonds. The van der Waals surface area contributed by atoms with Gasteiger partial charge in [0.25, 0.3) is 0 Å². The summed E-state index contributed by atoms with van der Waals surface area (Å²) < 4.78 is 0. The van der Waals surface area contributed by atoms with Crippen LogP contribution in [0.3, 0.4) is 0 Å². The second kappa shape index (κ2) is 13.5. The maximum Gasteiger partial charge on any atom is 0.331 e. The minimum absolute atomic E-state index is 0.0951. The first-order chi connectivity index (χ1) is 11.6. The number of hydrogen-bond donors (Lipinski definition) is 4. The van der Waals surface area contributed by atoms with Crippen LogP contribution in [0.1, 0.15) is 12.8 Å². The maximum absolute atomic E-state index is 11.1. The van der Waals surface area contributed by atoms with Crippen LogP contribution in [0.25, 0.3) is 0 Å². The lowest BCUT2D eigenvalue weighted by Crippen LogP contribution is -2.26. The van der Waals surface area contributed by atoms with E-state index in [-0.39, 0.29) is 17.9 Å². The van der Waals surface area contributed by atoms with Gasteiger partial charge in [0, 0.05) is 31.6 Å². The fraction of sp³-hybridized carbons (Fsp3) is 0.375. The highest BCUT2D eigenvalue weighted by molar-refractivity contribution is 5.91. The van der Waals surface area contributed by atoms with Gasteiger partial charge in [-0.2, -0.15) is 0 Å². The maximum atomic E-state index is 11.1. The Morgan fingerprint density at radius 2 is 1.72 bits per heavy atom. The van der Waals surface area contributed by atoms with E-state index in [1.807, 2.05) is 0 Å². The van der Waals surface area contributed by atoms with Gasteiger partial charge in [0.1, 0.15) is 0 Å². The summed E-state index contributed by atoms with van der Waals surface area (Å²) in [5.41, 5.74) is 4.61. The largest absolute Gasteiger partial charge is 0.481 e. The average Bonchev–Trinajstić information content (AvgIpc) is 2.89. The molecule has 9 heteroatoms. The first kappa shape index (κ1) is 24.3. The summed E-state index contributed by atoms with van der Waals surface area (Å²) in [4.78, 5) is 42.8. The Hall–Kier alpha value is -2.94. The van der Waals surface area contributed by atoms with Gasteiger partial charge >= 0.3 is 17.9 Å². The SMILES string of the molecule is C=C(CC(=O)O)C(=O)O.C=CCN.C=CCN1CC(C(=O)O)CC1=O. The van der Waals surface area contributed by atoms with Gasteiger partial charge in [-0.25, -0.2) is 4.79 Å². The lowest BCUT2D eigenvalue weighted by Gasteiger charge is -2.11. The Bertz CT molecular complexity index is 529. The van der Waals surface area contributed by atoms with E-state index in [4.69, 9.17) is 21.1 Å². The van der Waals surface area contributed by atoms with Crippen molar-refractivity contribution in [1.82, 2.24) is 4.90 Å². The summed E-state index contributed by atoms with van der Waals surface area (Å²) in [7, 11) is 0. The number of rotatable bonds is 7. The number of nitrogens with two attached hydrogens (primary N) is 1. The number of carboxylic acids is 3. The zero-order chi connectivity index (χ0) is 20.0. The molecule has 0 aromatic carbocycles.